The van der Waals surface area contributed by atoms with Gasteiger partial charge in [0.1, 0.15) is 5.92 Å². The molecule has 1 saturated heterocycles. The molecule has 1 N–H and O–H groups in total. The molecule has 1 amide bonds. The minimum atomic E-state index is -0.968. The molecule has 1 fully saturated rings. The number of non-ortho nitro benzene ring substituents is 2. The van der Waals surface area contributed by atoms with E-state index in [4.69, 9.17) is 0 Å². The number of ketones is 1. The summed E-state index contributed by atoms with van der Waals surface area (Å²) < 4.78 is 0. The molecule has 1 aliphatic heterocycles. The molecule has 0 saturated carbocycles. The molecule has 9 nitrogen and oxygen atoms in total. The van der Waals surface area contributed by atoms with Gasteiger partial charge in [0.05, 0.1) is 15.9 Å². The van der Waals surface area contributed by atoms with Gasteiger partial charge in [0.2, 0.25) is 5.91 Å². The summed E-state index contributed by atoms with van der Waals surface area (Å²) in [6.07, 6.45) is 1.72. The van der Waals surface area contributed by atoms with Crippen LogP contribution in [0.4, 0.5) is 11.4 Å². The lowest BCUT2D eigenvalue weighted by molar-refractivity contribution is -0.394. The normalized spacial score (nSPS) is 18.2. The second-order valence-electron chi connectivity index (χ2n) is 4.96. The van der Waals surface area contributed by atoms with Crippen LogP contribution in [0, 0.1) is 26.1 Å². The summed E-state index contributed by atoms with van der Waals surface area (Å²) in [5.74, 6) is -2.05. The summed E-state index contributed by atoms with van der Waals surface area (Å²) in [6.45, 7) is 0.470. The molecule has 0 radical (unpaired) electrons. The largest absolute Gasteiger partial charge is 0.355 e. The monoisotopic (exact) mass is 307 g/mol. The lowest BCUT2D eigenvalue weighted by Crippen LogP contribution is -2.33. The average Bonchev–Trinajstić information content (AvgIpc) is 2.70. The first-order valence-electron chi connectivity index (χ1n) is 6.66. The molecular formula is C13H13N3O6. The van der Waals surface area contributed by atoms with E-state index in [9.17, 15) is 29.8 Å². The number of hydrogen-bond acceptors (Lipinski definition) is 6. The van der Waals surface area contributed by atoms with Crippen molar-refractivity contribution in [1.82, 2.24) is 5.32 Å². The SMILES string of the molecule is O=C1NCCCCC1C(=O)c1cc([N+](=O)[O-])cc([N+](=O)[O-])c1. The fraction of sp³-hybridized carbons (Fsp3) is 0.385. The first-order chi connectivity index (χ1) is 10.4. The molecule has 1 aliphatic rings. The van der Waals surface area contributed by atoms with Crippen LogP contribution in [-0.4, -0.2) is 28.1 Å². The van der Waals surface area contributed by atoms with E-state index in [0.29, 0.717) is 19.4 Å². The number of amides is 1. The van der Waals surface area contributed by atoms with Crippen molar-refractivity contribution in [3.8, 4) is 0 Å². The van der Waals surface area contributed by atoms with E-state index < -0.39 is 38.8 Å². The number of nitrogens with one attached hydrogen (secondary N) is 1. The molecule has 116 valence electrons. The highest BCUT2D eigenvalue weighted by molar-refractivity contribution is 6.10. The van der Waals surface area contributed by atoms with Gasteiger partial charge in [-0.2, -0.15) is 0 Å². The first kappa shape index (κ1) is 15.5. The summed E-state index contributed by atoms with van der Waals surface area (Å²) in [4.78, 5) is 44.3. The van der Waals surface area contributed by atoms with Gasteiger partial charge < -0.3 is 5.32 Å². The number of Topliss-reactive ketones (excluding diaryl/α,β-unsaturated/α-hetero) is 1. The van der Waals surface area contributed by atoms with Crippen molar-refractivity contribution in [1.29, 1.82) is 0 Å². The maximum Gasteiger partial charge on any atom is 0.277 e. The molecule has 1 atom stereocenters. The molecule has 0 bridgehead atoms. The van der Waals surface area contributed by atoms with Crippen LogP contribution < -0.4 is 5.32 Å². The van der Waals surface area contributed by atoms with E-state index in [1.807, 2.05) is 0 Å². The predicted molar refractivity (Wildman–Crippen MR) is 74.4 cm³/mol. The van der Waals surface area contributed by atoms with Gasteiger partial charge in [0.15, 0.2) is 5.78 Å². The number of carbonyl (C=O) groups excluding carboxylic acids is 2. The first-order valence-corrected chi connectivity index (χ1v) is 6.66. The van der Waals surface area contributed by atoms with Gasteiger partial charge in [-0.05, 0) is 12.8 Å². The fourth-order valence-electron chi connectivity index (χ4n) is 2.34. The van der Waals surface area contributed by atoms with Crippen LogP contribution in [0.1, 0.15) is 29.6 Å². The molecule has 2 rings (SSSR count). The summed E-state index contributed by atoms with van der Waals surface area (Å²) in [7, 11) is 0. The minimum Gasteiger partial charge on any atom is -0.355 e. The van der Waals surface area contributed by atoms with Gasteiger partial charge in [-0.15, -0.1) is 0 Å². The Kier molecular flexibility index (Phi) is 4.44. The van der Waals surface area contributed by atoms with Gasteiger partial charge in [0, 0.05) is 24.2 Å². The third-order valence-corrected chi connectivity index (χ3v) is 3.46. The Morgan fingerprint density at radius 1 is 1.09 bits per heavy atom. The maximum absolute atomic E-state index is 12.4. The Labute approximate surface area is 124 Å². The van der Waals surface area contributed by atoms with E-state index in [1.54, 1.807) is 0 Å². The zero-order chi connectivity index (χ0) is 16.3. The highest BCUT2D eigenvalue weighted by Gasteiger charge is 2.31. The Bertz CT molecular complexity index is 625. The summed E-state index contributed by atoms with van der Waals surface area (Å²) in [5, 5.41) is 24.3. The maximum atomic E-state index is 12.4. The quantitative estimate of drug-likeness (QED) is 0.389. The third kappa shape index (κ3) is 3.25. The summed E-state index contributed by atoms with van der Waals surface area (Å²) in [6, 6.07) is 2.71. The number of carbonyl (C=O) groups is 2. The molecule has 1 aromatic rings. The Balaban J connectivity index is 2.41. The summed E-state index contributed by atoms with van der Waals surface area (Å²) >= 11 is 0. The fourth-order valence-corrected chi connectivity index (χ4v) is 2.34. The second-order valence-corrected chi connectivity index (χ2v) is 4.96. The van der Waals surface area contributed by atoms with Crippen molar-refractivity contribution in [3.63, 3.8) is 0 Å². The number of benzene rings is 1. The second kappa shape index (κ2) is 6.29. The van der Waals surface area contributed by atoms with Crippen LogP contribution >= 0.6 is 0 Å². The van der Waals surface area contributed by atoms with E-state index in [0.717, 1.165) is 24.6 Å². The third-order valence-electron chi connectivity index (χ3n) is 3.46. The van der Waals surface area contributed by atoms with E-state index in [2.05, 4.69) is 5.32 Å². The topological polar surface area (TPSA) is 132 Å². The molecule has 22 heavy (non-hydrogen) atoms. The number of nitrogens with zero attached hydrogens (tertiary/aromatic N) is 2. The van der Waals surface area contributed by atoms with Crippen LogP contribution in [0.25, 0.3) is 0 Å². The van der Waals surface area contributed by atoms with Crippen LogP contribution in [0.2, 0.25) is 0 Å². The number of nitro groups is 2. The number of hydrogen-bond donors (Lipinski definition) is 1. The predicted octanol–water partition coefficient (Wildman–Crippen LogP) is 1.60. The van der Waals surface area contributed by atoms with Gasteiger partial charge >= 0.3 is 0 Å². The number of rotatable bonds is 4. The standard InChI is InChI=1S/C13H13N3O6/c17-12(11-3-1-2-4-14-13(11)18)8-5-9(15(19)20)7-10(6-8)16(21)22/h5-7,11H,1-4H2,(H,14,18). The van der Waals surface area contributed by atoms with Crippen molar-refractivity contribution < 1.29 is 19.4 Å². The zero-order valence-electron chi connectivity index (χ0n) is 11.5. The van der Waals surface area contributed by atoms with Gasteiger partial charge in [0.25, 0.3) is 11.4 Å². The van der Waals surface area contributed by atoms with Crippen LogP contribution in [0.3, 0.4) is 0 Å². The zero-order valence-corrected chi connectivity index (χ0v) is 11.5. The Morgan fingerprint density at radius 3 is 2.23 bits per heavy atom. The Hall–Kier alpha value is -2.84. The highest BCUT2D eigenvalue weighted by atomic mass is 16.6. The van der Waals surface area contributed by atoms with E-state index in [1.165, 1.54) is 0 Å². The number of nitro benzene ring substituents is 2. The molecular weight excluding hydrogens is 294 g/mol. The van der Waals surface area contributed by atoms with Crippen molar-refractivity contribution in [2.24, 2.45) is 5.92 Å². The van der Waals surface area contributed by atoms with Gasteiger partial charge in [-0.3, -0.25) is 29.8 Å². The highest BCUT2D eigenvalue weighted by Crippen LogP contribution is 2.26. The van der Waals surface area contributed by atoms with Crippen molar-refractivity contribution in [2.75, 3.05) is 6.54 Å². The van der Waals surface area contributed by atoms with Crippen molar-refractivity contribution in [3.05, 3.63) is 44.0 Å². The summed E-state index contributed by atoms with van der Waals surface area (Å²) in [5.41, 5.74) is -1.29. The smallest absolute Gasteiger partial charge is 0.277 e. The molecule has 9 heteroatoms. The van der Waals surface area contributed by atoms with Gasteiger partial charge in [-0.25, -0.2) is 0 Å². The van der Waals surface area contributed by atoms with E-state index >= 15 is 0 Å². The minimum absolute atomic E-state index is 0.192. The van der Waals surface area contributed by atoms with Crippen molar-refractivity contribution >= 4 is 23.1 Å². The van der Waals surface area contributed by atoms with Crippen LogP contribution in [0.5, 0.6) is 0 Å². The Morgan fingerprint density at radius 2 is 1.68 bits per heavy atom. The van der Waals surface area contributed by atoms with Crippen LogP contribution in [-0.2, 0) is 4.79 Å². The lowest BCUT2D eigenvalue weighted by atomic mass is 9.92. The molecule has 1 aromatic carbocycles. The molecule has 1 unspecified atom stereocenters. The molecule has 0 spiro atoms. The average molecular weight is 307 g/mol. The van der Waals surface area contributed by atoms with Gasteiger partial charge in [-0.1, -0.05) is 6.42 Å². The molecule has 0 aliphatic carbocycles. The lowest BCUT2D eigenvalue weighted by Gasteiger charge is -2.11. The van der Waals surface area contributed by atoms with E-state index in [-0.39, 0.29) is 5.56 Å². The molecule has 1 heterocycles. The van der Waals surface area contributed by atoms with Crippen molar-refractivity contribution in [2.45, 2.75) is 19.3 Å². The molecule has 0 aromatic heterocycles. The van der Waals surface area contributed by atoms with Crippen LogP contribution in [0.15, 0.2) is 18.2 Å².